The third kappa shape index (κ3) is 5.21. The first-order valence-corrected chi connectivity index (χ1v) is 11.8. The Kier molecular flexibility index (Phi) is 8.06. The van der Waals surface area contributed by atoms with Crippen LogP contribution in [0, 0.1) is 0 Å². The van der Waals surface area contributed by atoms with Gasteiger partial charge in [0.1, 0.15) is 5.25 Å². The van der Waals surface area contributed by atoms with Crippen molar-refractivity contribution in [1.29, 1.82) is 0 Å². The first-order chi connectivity index (χ1) is 15.3. The lowest BCUT2D eigenvalue weighted by atomic mass is 9.96. The van der Waals surface area contributed by atoms with Crippen molar-refractivity contribution in [3.05, 3.63) is 80.8 Å². The standard InChI is InChI=1S/C23H19Cl3N2O3S/c1-13-21(22(29)28(27-13)16-6-4-5-15(24)12-16)17(8-10-20(32-3)23(30)31-2)14-7-9-18(25)19(26)11-14/h4-12,20H,1-3H3/b10-8+,21-17+. The fourth-order valence-electron chi connectivity index (χ4n) is 3.14. The maximum atomic E-state index is 13.4. The van der Waals surface area contributed by atoms with E-state index in [1.165, 1.54) is 23.9 Å². The number of hydrogen-bond acceptors (Lipinski definition) is 5. The summed E-state index contributed by atoms with van der Waals surface area (Å²) in [6, 6.07) is 12.0. The van der Waals surface area contributed by atoms with Crippen LogP contribution in [0.3, 0.4) is 0 Å². The molecular formula is C23H19Cl3N2O3S. The van der Waals surface area contributed by atoms with Crippen molar-refractivity contribution >= 4 is 75.4 Å². The highest BCUT2D eigenvalue weighted by atomic mass is 35.5. The van der Waals surface area contributed by atoms with Crippen molar-refractivity contribution in [3.8, 4) is 0 Å². The molecule has 0 saturated heterocycles. The van der Waals surface area contributed by atoms with Crippen LogP contribution in [0.1, 0.15) is 12.5 Å². The molecule has 2 aromatic carbocycles. The maximum Gasteiger partial charge on any atom is 0.322 e. The van der Waals surface area contributed by atoms with Gasteiger partial charge in [0.05, 0.1) is 34.1 Å². The van der Waals surface area contributed by atoms with Gasteiger partial charge in [-0.05, 0) is 54.6 Å². The molecule has 9 heteroatoms. The molecule has 1 aliphatic rings. The molecule has 32 heavy (non-hydrogen) atoms. The summed E-state index contributed by atoms with van der Waals surface area (Å²) in [5.41, 5.74) is 2.66. The number of halogens is 3. The second kappa shape index (κ2) is 10.6. The van der Waals surface area contributed by atoms with Crippen molar-refractivity contribution in [2.75, 3.05) is 18.4 Å². The molecule has 1 atom stereocenters. The van der Waals surface area contributed by atoms with E-state index in [2.05, 4.69) is 5.10 Å². The number of carbonyl (C=O) groups excluding carboxylic acids is 2. The van der Waals surface area contributed by atoms with Crippen LogP contribution >= 0.6 is 46.6 Å². The van der Waals surface area contributed by atoms with E-state index in [9.17, 15) is 9.59 Å². The topological polar surface area (TPSA) is 59.0 Å². The van der Waals surface area contributed by atoms with Gasteiger partial charge in [-0.15, -0.1) is 11.8 Å². The lowest BCUT2D eigenvalue weighted by molar-refractivity contribution is -0.139. The van der Waals surface area contributed by atoms with Crippen LogP contribution < -0.4 is 5.01 Å². The van der Waals surface area contributed by atoms with Gasteiger partial charge in [-0.2, -0.15) is 10.1 Å². The number of carbonyl (C=O) groups is 2. The largest absolute Gasteiger partial charge is 0.468 e. The molecule has 166 valence electrons. The zero-order chi connectivity index (χ0) is 23.4. The molecule has 0 radical (unpaired) electrons. The molecule has 1 amide bonds. The number of benzene rings is 2. The lowest BCUT2D eigenvalue weighted by Gasteiger charge is -2.14. The summed E-state index contributed by atoms with van der Waals surface area (Å²) in [5, 5.41) is 6.42. The fourth-order valence-corrected chi connectivity index (χ4v) is 4.15. The van der Waals surface area contributed by atoms with E-state index >= 15 is 0 Å². The zero-order valence-corrected chi connectivity index (χ0v) is 20.5. The smallest absolute Gasteiger partial charge is 0.322 e. The fraction of sp³-hybridized carbons (Fsp3) is 0.174. The molecule has 0 bridgehead atoms. The number of anilines is 1. The molecule has 0 fully saturated rings. The van der Waals surface area contributed by atoms with E-state index in [1.807, 2.05) is 0 Å². The van der Waals surface area contributed by atoms with E-state index < -0.39 is 11.2 Å². The summed E-state index contributed by atoms with van der Waals surface area (Å²) >= 11 is 19.7. The van der Waals surface area contributed by atoms with Crippen molar-refractivity contribution in [3.63, 3.8) is 0 Å². The molecule has 2 aromatic rings. The highest BCUT2D eigenvalue weighted by Gasteiger charge is 2.32. The van der Waals surface area contributed by atoms with E-state index in [0.29, 0.717) is 43.2 Å². The minimum atomic E-state index is -0.545. The number of nitrogens with zero attached hydrogens (tertiary/aromatic N) is 2. The van der Waals surface area contributed by atoms with Crippen LogP contribution in [0.25, 0.3) is 5.57 Å². The first-order valence-electron chi connectivity index (χ1n) is 9.41. The molecule has 0 N–H and O–H groups in total. The van der Waals surface area contributed by atoms with Gasteiger partial charge in [-0.25, -0.2) is 0 Å². The van der Waals surface area contributed by atoms with Crippen LogP contribution in [-0.4, -0.2) is 36.2 Å². The minimum Gasteiger partial charge on any atom is -0.468 e. The number of amides is 1. The van der Waals surface area contributed by atoms with Crippen LogP contribution in [-0.2, 0) is 14.3 Å². The van der Waals surface area contributed by atoms with E-state index in [4.69, 9.17) is 39.5 Å². The van der Waals surface area contributed by atoms with Gasteiger partial charge >= 0.3 is 5.97 Å². The average molecular weight is 510 g/mol. The predicted molar refractivity (Wildman–Crippen MR) is 134 cm³/mol. The van der Waals surface area contributed by atoms with Crippen LogP contribution in [0.5, 0.6) is 0 Å². The van der Waals surface area contributed by atoms with Gasteiger partial charge in [0.15, 0.2) is 0 Å². The van der Waals surface area contributed by atoms with Crippen molar-refractivity contribution < 1.29 is 14.3 Å². The molecule has 0 aliphatic carbocycles. The Morgan fingerprint density at radius 3 is 2.53 bits per heavy atom. The summed E-state index contributed by atoms with van der Waals surface area (Å²) in [7, 11) is 1.33. The summed E-state index contributed by atoms with van der Waals surface area (Å²) in [6.45, 7) is 1.75. The van der Waals surface area contributed by atoms with Crippen LogP contribution in [0.15, 0.2) is 65.3 Å². The normalized spacial score (nSPS) is 16.4. The number of esters is 1. The Balaban J connectivity index is 2.15. The Bertz CT molecular complexity index is 1160. The van der Waals surface area contributed by atoms with Gasteiger partial charge in [0.25, 0.3) is 5.91 Å². The molecule has 1 aliphatic heterocycles. The Morgan fingerprint density at radius 2 is 1.91 bits per heavy atom. The highest BCUT2D eigenvalue weighted by Crippen LogP contribution is 2.33. The lowest BCUT2D eigenvalue weighted by Crippen LogP contribution is -2.22. The quantitative estimate of drug-likeness (QED) is 0.339. The second-order valence-corrected chi connectivity index (χ2v) is 8.97. The number of hydrazone groups is 1. The van der Waals surface area contributed by atoms with Crippen molar-refractivity contribution in [2.24, 2.45) is 5.10 Å². The number of methoxy groups -OCH3 is 1. The molecule has 1 heterocycles. The van der Waals surface area contributed by atoms with E-state index in [-0.39, 0.29) is 5.91 Å². The monoisotopic (exact) mass is 508 g/mol. The summed E-state index contributed by atoms with van der Waals surface area (Å²) in [4.78, 5) is 25.5. The SMILES string of the molecule is COC(=O)C(/C=C/C(=C1\C(=O)N(c2cccc(Cl)c2)N=C1C)c1ccc(Cl)c(Cl)c1)SC. The summed E-state index contributed by atoms with van der Waals surface area (Å²) in [5.74, 6) is -0.717. The van der Waals surface area contributed by atoms with Gasteiger partial charge in [0.2, 0.25) is 0 Å². The number of hydrogen-bond donors (Lipinski definition) is 0. The molecule has 3 rings (SSSR count). The molecular weight excluding hydrogens is 491 g/mol. The second-order valence-electron chi connectivity index (χ2n) is 6.74. The van der Waals surface area contributed by atoms with Crippen molar-refractivity contribution in [1.82, 2.24) is 0 Å². The highest BCUT2D eigenvalue weighted by molar-refractivity contribution is 8.00. The molecule has 0 aromatic heterocycles. The van der Waals surface area contributed by atoms with Gasteiger partial charge in [0, 0.05) is 5.02 Å². The third-order valence-corrected chi connectivity index (χ3v) is 6.53. The average Bonchev–Trinajstić information content (AvgIpc) is 3.07. The Morgan fingerprint density at radius 1 is 1.16 bits per heavy atom. The zero-order valence-electron chi connectivity index (χ0n) is 17.4. The Hall–Kier alpha value is -2.25. The van der Waals surface area contributed by atoms with Crippen LogP contribution in [0.4, 0.5) is 5.69 Å². The Labute approximate surface area is 205 Å². The third-order valence-electron chi connectivity index (χ3n) is 4.70. The number of rotatable bonds is 6. The summed E-state index contributed by atoms with van der Waals surface area (Å²) < 4.78 is 4.85. The van der Waals surface area contributed by atoms with E-state index in [1.54, 1.807) is 67.8 Å². The van der Waals surface area contributed by atoms with Gasteiger partial charge in [-0.3, -0.25) is 9.59 Å². The molecule has 0 saturated carbocycles. The van der Waals surface area contributed by atoms with Gasteiger partial charge in [-0.1, -0.05) is 59.1 Å². The molecule has 1 unspecified atom stereocenters. The first kappa shape index (κ1) is 24.4. The number of thioether (sulfide) groups is 1. The maximum absolute atomic E-state index is 13.4. The molecule has 0 spiro atoms. The van der Waals surface area contributed by atoms with Crippen LogP contribution in [0.2, 0.25) is 15.1 Å². The predicted octanol–water partition coefficient (Wildman–Crippen LogP) is 6.28. The molecule has 5 nitrogen and oxygen atoms in total. The van der Waals surface area contributed by atoms with E-state index in [0.717, 1.165) is 0 Å². The van der Waals surface area contributed by atoms with Crippen molar-refractivity contribution in [2.45, 2.75) is 12.2 Å². The summed E-state index contributed by atoms with van der Waals surface area (Å²) in [6.07, 6.45) is 5.20. The minimum absolute atomic E-state index is 0.325. The number of allylic oxidation sites excluding steroid dienone is 2. The number of ether oxygens (including phenoxy) is 1. The van der Waals surface area contributed by atoms with Gasteiger partial charge < -0.3 is 4.74 Å².